The van der Waals surface area contributed by atoms with E-state index in [4.69, 9.17) is 4.74 Å². The number of carbonyl (C=O) groups is 1. The molecule has 8 heteroatoms. The summed E-state index contributed by atoms with van der Waals surface area (Å²) in [5, 5.41) is 12.2. The largest absolute Gasteiger partial charge is 0.496 e. The van der Waals surface area contributed by atoms with Crippen LogP contribution in [-0.2, 0) is 6.54 Å². The molecule has 2 aromatic heterocycles. The Bertz CT molecular complexity index is 1160. The van der Waals surface area contributed by atoms with Gasteiger partial charge in [-0.05, 0) is 36.3 Å². The Hall–Kier alpha value is -3.36. The third kappa shape index (κ3) is 5.95. The van der Waals surface area contributed by atoms with Crippen molar-refractivity contribution >= 4 is 22.4 Å². The molecule has 0 bridgehead atoms. The summed E-state index contributed by atoms with van der Waals surface area (Å²) in [6, 6.07) is 9.25. The summed E-state index contributed by atoms with van der Waals surface area (Å²) in [4.78, 5) is 19.1. The second-order valence-electron chi connectivity index (χ2n) is 7.46. The molecular weight excluding hydrogens is 446 g/mol. The average molecular weight is 478 g/mol. The molecule has 0 aliphatic carbocycles. The number of aromatic nitrogens is 3. The highest BCUT2D eigenvalue weighted by atomic mass is 32.1. The van der Waals surface area contributed by atoms with E-state index in [1.807, 2.05) is 44.2 Å². The SMILES string of the molecule is C=CC1=C(CC)CN(Cc2ccc(C(=O)Nc3nnc(-c4ccncc4)s3)cc2OC)C1.CC. The fraction of sp³-hybridized carbons (Fsp3) is 0.308. The molecule has 0 fully saturated rings. The zero-order chi connectivity index (χ0) is 24.5. The predicted octanol–water partition coefficient (Wildman–Crippen LogP) is 5.60. The van der Waals surface area contributed by atoms with E-state index in [-0.39, 0.29) is 5.91 Å². The quantitative estimate of drug-likeness (QED) is 0.455. The first-order valence-electron chi connectivity index (χ1n) is 11.4. The first-order chi connectivity index (χ1) is 16.6. The second-order valence-corrected chi connectivity index (χ2v) is 8.44. The van der Waals surface area contributed by atoms with Gasteiger partial charge in [-0.2, -0.15) is 0 Å². The summed E-state index contributed by atoms with van der Waals surface area (Å²) in [7, 11) is 1.63. The van der Waals surface area contributed by atoms with E-state index >= 15 is 0 Å². The van der Waals surface area contributed by atoms with Gasteiger partial charge in [-0.25, -0.2) is 0 Å². The average Bonchev–Trinajstić information content (AvgIpc) is 3.52. The Morgan fingerprint density at radius 1 is 1.21 bits per heavy atom. The van der Waals surface area contributed by atoms with E-state index in [1.165, 1.54) is 22.5 Å². The zero-order valence-corrected chi connectivity index (χ0v) is 21.0. The zero-order valence-electron chi connectivity index (χ0n) is 20.2. The van der Waals surface area contributed by atoms with Crippen molar-refractivity contribution in [2.24, 2.45) is 0 Å². The lowest BCUT2D eigenvalue weighted by atomic mass is 10.1. The maximum atomic E-state index is 12.8. The normalized spacial score (nSPS) is 13.3. The van der Waals surface area contributed by atoms with Gasteiger partial charge in [0.15, 0.2) is 0 Å². The highest BCUT2D eigenvalue weighted by Crippen LogP contribution is 2.28. The highest BCUT2D eigenvalue weighted by Gasteiger charge is 2.21. The fourth-order valence-electron chi connectivity index (χ4n) is 3.75. The minimum atomic E-state index is -0.252. The number of hydrogen-bond donors (Lipinski definition) is 1. The molecule has 0 unspecified atom stereocenters. The van der Waals surface area contributed by atoms with Gasteiger partial charge in [0.05, 0.1) is 7.11 Å². The van der Waals surface area contributed by atoms with Crippen molar-refractivity contribution in [2.75, 3.05) is 25.5 Å². The first-order valence-corrected chi connectivity index (χ1v) is 12.2. The van der Waals surface area contributed by atoms with Crippen LogP contribution in [0, 0.1) is 0 Å². The number of carbonyl (C=O) groups excluding carboxylic acids is 1. The number of amides is 1. The Kier molecular flexibility index (Phi) is 9.07. The highest BCUT2D eigenvalue weighted by molar-refractivity contribution is 7.18. The van der Waals surface area contributed by atoms with Gasteiger partial charge in [-0.3, -0.25) is 20.0 Å². The molecule has 0 saturated carbocycles. The number of rotatable bonds is 8. The van der Waals surface area contributed by atoms with Crippen LogP contribution in [0.3, 0.4) is 0 Å². The van der Waals surface area contributed by atoms with Crippen LogP contribution >= 0.6 is 11.3 Å². The number of nitrogens with zero attached hydrogens (tertiary/aromatic N) is 4. The Morgan fingerprint density at radius 2 is 1.97 bits per heavy atom. The van der Waals surface area contributed by atoms with Gasteiger partial charge in [0.25, 0.3) is 5.91 Å². The standard InChI is InChI=1S/C24H25N5O2S.C2H6/c1-4-16-13-29(14-17(16)5-2)15-20-7-6-19(12-21(20)31-3)22(30)26-24-28-27-23(32-24)18-8-10-25-11-9-18;1-2/h4,6-12H,1,5,13-15H2,2-3H3,(H,26,28,30);1-2H3. The second kappa shape index (κ2) is 12.2. The van der Waals surface area contributed by atoms with Gasteiger partial charge < -0.3 is 4.74 Å². The molecule has 3 aromatic rings. The minimum Gasteiger partial charge on any atom is -0.496 e. The van der Waals surface area contributed by atoms with Crippen molar-refractivity contribution in [3.8, 4) is 16.3 Å². The molecule has 7 nitrogen and oxygen atoms in total. The Balaban J connectivity index is 0.00000158. The van der Waals surface area contributed by atoms with Crippen LogP contribution in [0.15, 0.2) is 66.5 Å². The molecule has 0 radical (unpaired) electrons. The lowest BCUT2D eigenvalue weighted by molar-refractivity contribution is 0.102. The minimum absolute atomic E-state index is 0.252. The van der Waals surface area contributed by atoms with Crippen molar-refractivity contribution < 1.29 is 9.53 Å². The van der Waals surface area contributed by atoms with Crippen LogP contribution in [0.25, 0.3) is 10.6 Å². The van der Waals surface area contributed by atoms with Crippen molar-refractivity contribution in [3.63, 3.8) is 0 Å². The van der Waals surface area contributed by atoms with Crippen LogP contribution < -0.4 is 10.1 Å². The van der Waals surface area contributed by atoms with Crippen molar-refractivity contribution in [2.45, 2.75) is 33.7 Å². The smallest absolute Gasteiger partial charge is 0.257 e. The number of anilines is 1. The number of pyridine rings is 1. The predicted molar refractivity (Wildman–Crippen MR) is 138 cm³/mol. The van der Waals surface area contributed by atoms with Gasteiger partial charge in [0.2, 0.25) is 5.13 Å². The van der Waals surface area contributed by atoms with Crippen LogP contribution in [0.1, 0.15) is 43.1 Å². The molecule has 1 aromatic carbocycles. The van der Waals surface area contributed by atoms with Crippen molar-refractivity contribution in [1.29, 1.82) is 0 Å². The molecule has 34 heavy (non-hydrogen) atoms. The summed E-state index contributed by atoms with van der Waals surface area (Å²) in [5.41, 5.74) is 5.20. The maximum absolute atomic E-state index is 12.8. The topological polar surface area (TPSA) is 80.2 Å². The van der Waals surface area contributed by atoms with Crippen molar-refractivity contribution in [3.05, 3.63) is 77.7 Å². The van der Waals surface area contributed by atoms with Gasteiger partial charge in [0, 0.05) is 48.7 Å². The number of ether oxygens (including phenoxy) is 1. The van der Waals surface area contributed by atoms with Gasteiger partial charge in [-0.1, -0.05) is 56.4 Å². The van der Waals surface area contributed by atoms with E-state index in [0.29, 0.717) is 16.4 Å². The lowest BCUT2D eigenvalue weighted by Gasteiger charge is -2.18. The van der Waals surface area contributed by atoms with Gasteiger partial charge in [-0.15, -0.1) is 10.2 Å². The van der Waals surface area contributed by atoms with Gasteiger partial charge in [0.1, 0.15) is 10.8 Å². The first kappa shape index (κ1) is 25.3. The van der Waals surface area contributed by atoms with E-state index in [0.717, 1.165) is 42.2 Å². The molecule has 0 atom stereocenters. The summed E-state index contributed by atoms with van der Waals surface area (Å²) >= 11 is 1.32. The molecule has 1 N–H and O–H groups in total. The lowest BCUT2D eigenvalue weighted by Crippen LogP contribution is -2.21. The van der Waals surface area contributed by atoms with Gasteiger partial charge >= 0.3 is 0 Å². The molecule has 3 heterocycles. The molecule has 1 amide bonds. The van der Waals surface area contributed by atoms with E-state index < -0.39 is 0 Å². The number of benzene rings is 1. The maximum Gasteiger partial charge on any atom is 0.257 e. The number of hydrogen-bond acceptors (Lipinski definition) is 7. The Labute approximate surface area is 205 Å². The summed E-state index contributed by atoms with van der Waals surface area (Å²) in [6.07, 6.45) is 6.38. The third-order valence-corrected chi connectivity index (χ3v) is 6.34. The molecule has 1 aliphatic heterocycles. The van der Waals surface area contributed by atoms with E-state index in [9.17, 15) is 4.79 Å². The molecule has 1 aliphatic rings. The molecular formula is C26H31N5O2S. The molecule has 178 valence electrons. The Morgan fingerprint density at radius 3 is 2.62 bits per heavy atom. The molecule has 4 rings (SSSR count). The third-order valence-electron chi connectivity index (χ3n) is 5.45. The molecule has 0 spiro atoms. The molecule has 0 saturated heterocycles. The van der Waals surface area contributed by atoms with Crippen molar-refractivity contribution in [1.82, 2.24) is 20.1 Å². The summed E-state index contributed by atoms with van der Waals surface area (Å²) < 4.78 is 5.59. The van der Waals surface area contributed by atoms with Crippen LogP contribution in [0.4, 0.5) is 5.13 Å². The van der Waals surface area contributed by atoms with Crippen LogP contribution in [0.2, 0.25) is 0 Å². The summed E-state index contributed by atoms with van der Waals surface area (Å²) in [6.45, 7) is 12.7. The number of methoxy groups -OCH3 is 1. The van der Waals surface area contributed by atoms with E-state index in [1.54, 1.807) is 25.6 Å². The fourth-order valence-corrected chi connectivity index (χ4v) is 4.50. The van der Waals surface area contributed by atoms with Crippen LogP contribution in [-0.4, -0.2) is 46.2 Å². The summed E-state index contributed by atoms with van der Waals surface area (Å²) in [5.74, 6) is 0.440. The number of nitrogens with one attached hydrogen (secondary N) is 1. The van der Waals surface area contributed by atoms with E-state index in [2.05, 4.69) is 38.9 Å². The van der Waals surface area contributed by atoms with Crippen LogP contribution in [0.5, 0.6) is 5.75 Å². The monoisotopic (exact) mass is 477 g/mol.